The van der Waals surface area contributed by atoms with Crippen LogP contribution in [0.4, 0.5) is 0 Å². The van der Waals surface area contributed by atoms with Crippen molar-refractivity contribution in [2.45, 2.75) is 31.3 Å². The topological polar surface area (TPSA) is 0 Å². The molecule has 2 aliphatic carbocycles. The van der Waals surface area contributed by atoms with Crippen molar-refractivity contribution in [1.82, 2.24) is 0 Å². The van der Waals surface area contributed by atoms with Crippen molar-refractivity contribution in [3.63, 3.8) is 0 Å². The van der Waals surface area contributed by atoms with E-state index in [0.29, 0.717) is 0 Å². The number of allylic oxidation sites excluding steroid dienone is 4. The van der Waals surface area contributed by atoms with E-state index in [-0.39, 0.29) is 24.8 Å². The van der Waals surface area contributed by atoms with Crippen molar-refractivity contribution in [2.24, 2.45) is 0 Å². The molecule has 0 aromatic heterocycles. The monoisotopic (exact) mass is 544 g/mol. The van der Waals surface area contributed by atoms with E-state index in [4.69, 9.17) is 0 Å². The third-order valence-corrected chi connectivity index (χ3v) is 22.6. The van der Waals surface area contributed by atoms with Crippen LogP contribution in [0, 0.1) is 0 Å². The number of hydrogen-bond donors (Lipinski definition) is 0. The molecule has 1 unspecified atom stereocenters. The van der Waals surface area contributed by atoms with Crippen LogP contribution in [-0.4, -0.2) is 7.37 Å². The maximum atomic E-state index is 2.66. The third kappa shape index (κ3) is 4.93. The van der Waals surface area contributed by atoms with Gasteiger partial charge in [-0.05, 0) is 0 Å². The van der Waals surface area contributed by atoms with Crippen LogP contribution in [-0.2, 0) is 25.8 Å². The average molecular weight is 547 g/mol. The minimum atomic E-state index is -2.46. The van der Waals surface area contributed by atoms with Crippen molar-refractivity contribution in [2.75, 3.05) is 0 Å². The summed E-state index contributed by atoms with van der Waals surface area (Å²) in [6.07, 6.45) is 7.29. The maximum absolute atomic E-state index is 2.66. The Bertz CT molecular complexity index is 1100. The molecule has 4 heteroatoms. The van der Waals surface area contributed by atoms with Crippen LogP contribution < -0.4 is 3.27 Å². The van der Waals surface area contributed by atoms with Gasteiger partial charge in [-0.2, -0.15) is 0 Å². The third-order valence-electron chi connectivity index (χ3n) is 6.31. The Morgan fingerprint density at radius 1 is 0.774 bits per heavy atom. The van der Waals surface area contributed by atoms with Gasteiger partial charge in [0.05, 0.1) is 0 Å². The van der Waals surface area contributed by atoms with E-state index in [2.05, 4.69) is 89.6 Å². The van der Waals surface area contributed by atoms with Crippen LogP contribution in [0.25, 0.3) is 16.7 Å². The fraction of sp³-hybridized carbons (Fsp3) is 0.185. The predicted octanol–water partition coefficient (Wildman–Crippen LogP) is 6.61. The summed E-state index contributed by atoms with van der Waals surface area (Å²) in [4.78, 5) is 0. The second-order valence-electron chi connectivity index (χ2n) is 8.19. The Morgan fingerprint density at radius 3 is 2.16 bits per heavy atom. The number of rotatable bonds is 3. The Hall–Kier alpha value is -1.18. The van der Waals surface area contributed by atoms with Crippen LogP contribution in [0.15, 0.2) is 88.2 Å². The molecule has 0 nitrogen and oxygen atoms in total. The Kier molecular flexibility index (Phi) is 9.34. The van der Waals surface area contributed by atoms with E-state index in [9.17, 15) is 0 Å². The van der Waals surface area contributed by atoms with Crippen molar-refractivity contribution < 1.29 is 19.4 Å². The van der Waals surface area contributed by atoms with E-state index in [0.717, 1.165) is 12.8 Å². The molecule has 0 bridgehead atoms. The normalized spacial score (nSPS) is 15.1. The van der Waals surface area contributed by atoms with Gasteiger partial charge in [-0.15, -0.1) is 24.8 Å². The molecule has 0 fully saturated rings. The van der Waals surface area contributed by atoms with Crippen LogP contribution in [0.5, 0.6) is 0 Å². The van der Waals surface area contributed by atoms with E-state index >= 15 is 0 Å². The summed E-state index contributed by atoms with van der Waals surface area (Å²) in [5.74, 6) is 0. The first-order valence-electron chi connectivity index (χ1n) is 10.8. The summed E-state index contributed by atoms with van der Waals surface area (Å²) >= 11 is -2.46. The van der Waals surface area contributed by atoms with Gasteiger partial charge in [0.25, 0.3) is 0 Å². The van der Waals surface area contributed by atoms with Crippen molar-refractivity contribution in [3.05, 3.63) is 105 Å². The molecule has 5 rings (SSSR count). The number of fused-ring (bicyclic) bond motifs is 3. The van der Waals surface area contributed by atoms with E-state index in [1.807, 2.05) is 13.8 Å². The Morgan fingerprint density at radius 2 is 1.42 bits per heavy atom. The van der Waals surface area contributed by atoms with Gasteiger partial charge >= 0.3 is 169 Å². The van der Waals surface area contributed by atoms with Crippen LogP contribution in [0.2, 0.25) is 4.63 Å². The zero-order valence-electron chi connectivity index (χ0n) is 18.8. The first-order valence-corrected chi connectivity index (χ1v) is 24.1. The molecular weight excluding hydrogens is 515 g/mol. The zero-order valence-corrected chi connectivity index (χ0v) is 24.9. The quantitative estimate of drug-likeness (QED) is 0.254. The second-order valence-corrected chi connectivity index (χ2v) is 30.9. The Balaban J connectivity index is 0.000000830. The summed E-state index contributed by atoms with van der Waals surface area (Å²) < 4.78 is 6.19. The first-order chi connectivity index (χ1) is 14.1. The standard InChI is InChI=1S/C13H9.C11H9.C2H6.CH3.2ClH.H3Si.Zr/c1-3-7-12-10(5-1)9-11-6-2-4-8-13(11)12;1-2-6-10(7-3-1)11-8-4-5-9-11;1-2;;;;;/h1-5,7-8H,9H2;1-3,6-9H,4H2;1-2H3;1H3;2*1H;1H3;. The molecule has 0 amide bonds. The van der Waals surface area contributed by atoms with E-state index in [1.165, 1.54) is 35.2 Å². The van der Waals surface area contributed by atoms with E-state index in [1.54, 1.807) is 12.1 Å². The van der Waals surface area contributed by atoms with Crippen LogP contribution in [0.3, 0.4) is 0 Å². The summed E-state index contributed by atoms with van der Waals surface area (Å²) in [7, 11) is 1.32. The Labute approximate surface area is 206 Å². The minimum absolute atomic E-state index is 0. The number of halogens is 2. The van der Waals surface area contributed by atoms with Crippen LogP contribution >= 0.6 is 24.8 Å². The molecule has 31 heavy (non-hydrogen) atoms. The summed E-state index contributed by atoms with van der Waals surface area (Å²) in [5, 5.41) is 0. The van der Waals surface area contributed by atoms with Gasteiger partial charge in [-0.25, -0.2) is 0 Å². The van der Waals surface area contributed by atoms with Gasteiger partial charge in [0.1, 0.15) is 0 Å². The van der Waals surface area contributed by atoms with Gasteiger partial charge in [0.2, 0.25) is 0 Å². The molecule has 0 radical (unpaired) electrons. The molecule has 0 N–H and O–H groups in total. The van der Waals surface area contributed by atoms with Crippen LogP contribution in [0.1, 0.15) is 37.0 Å². The molecule has 0 saturated carbocycles. The molecule has 0 spiro atoms. The molecule has 3 aromatic rings. The van der Waals surface area contributed by atoms with Gasteiger partial charge in [0, 0.05) is 0 Å². The summed E-state index contributed by atoms with van der Waals surface area (Å²) in [5.41, 5.74) is 8.90. The molecule has 2 aliphatic rings. The SMILES string of the molecule is CC.Cl.Cl.[CH3][Zr]([SiH3])([C]1=CC(c2ccccc2)=CC1)[c]1cccc2c1Cc1ccccc1-2. The van der Waals surface area contributed by atoms with Crippen molar-refractivity contribution in [3.8, 4) is 11.1 Å². The molecule has 3 aromatic carbocycles. The van der Waals surface area contributed by atoms with E-state index < -0.39 is 19.4 Å². The molecule has 162 valence electrons. The van der Waals surface area contributed by atoms with Crippen molar-refractivity contribution in [1.29, 1.82) is 0 Å². The molecule has 0 aliphatic heterocycles. The van der Waals surface area contributed by atoms with Gasteiger partial charge in [0.15, 0.2) is 0 Å². The van der Waals surface area contributed by atoms with Gasteiger partial charge in [-0.1, -0.05) is 13.8 Å². The van der Waals surface area contributed by atoms with Gasteiger partial charge < -0.3 is 0 Å². The summed E-state index contributed by atoms with van der Waals surface area (Å²) in [6.45, 7) is 4.00. The zero-order chi connectivity index (χ0) is 20.4. The predicted molar refractivity (Wildman–Crippen MR) is 143 cm³/mol. The second kappa shape index (κ2) is 11.1. The first kappa shape index (κ1) is 26.1. The fourth-order valence-corrected chi connectivity index (χ4v) is 16.8. The fourth-order valence-electron chi connectivity index (χ4n) is 4.71. The number of hydrogen-bond acceptors (Lipinski definition) is 0. The number of benzene rings is 3. The molecule has 0 heterocycles. The van der Waals surface area contributed by atoms with Crippen molar-refractivity contribution >= 4 is 41.0 Å². The molecule has 1 atom stereocenters. The molecule has 0 saturated heterocycles. The molecular formula is C27H32Cl2SiZr. The van der Waals surface area contributed by atoms with Gasteiger partial charge in [-0.3, -0.25) is 0 Å². The summed E-state index contributed by atoms with van der Waals surface area (Å²) in [6, 6.07) is 27.0. The average Bonchev–Trinajstić information content (AvgIpc) is 3.41.